The molecule has 7 rings (SSSR count). The summed E-state index contributed by atoms with van der Waals surface area (Å²) in [6.45, 7) is 2.85. The number of benzene rings is 5. The summed E-state index contributed by atoms with van der Waals surface area (Å²) in [5.74, 6) is 0.248. The third-order valence-corrected chi connectivity index (χ3v) is 6.94. The number of rotatable bonds is 4. The third kappa shape index (κ3) is 6.20. The first-order valence-electron chi connectivity index (χ1n) is 13.7. The first kappa shape index (κ1) is 30.5. The fourth-order valence-electron chi connectivity index (χ4n) is 5.12. The fourth-order valence-corrected chi connectivity index (χ4v) is 5.12. The van der Waals surface area contributed by atoms with Crippen molar-refractivity contribution >= 4 is 38.4 Å². The minimum Gasteiger partial charge on any atom is -0.512 e. The van der Waals surface area contributed by atoms with Gasteiger partial charge in [0, 0.05) is 48.8 Å². The third-order valence-electron chi connectivity index (χ3n) is 6.94. The maximum Gasteiger partial charge on any atom is 0.215 e. The van der Waals surface area contributed by atoms with Crippen LogP contribution in [0.4, 0.5) is 4.39 Å². The van der Waals surface area contributed by atoms with E-state index in [4.69, 9.17) is 19.5 Å². The number of allylic oxidation sites excluding steroid dienone is 2. The van der Waals surface area contributed by atoms with Crippen LogP contribution in [0.2, 0.25) is 0 Å². The number of nitrogens with zero attached hydrogens (tertiary/aromatic N) is 2. The topological polar surface area (TPSA) is 76.2 Å². The van der Waals surface area contributed by atoms with Gasteiger partial charge in [-0.15, -0.1) is 11.6 Å². The molecule has 0 unspecified atom stereocenters. The Morgan fingerprint density at radius 3 is 2.14 bits per heavy atom. The van der Waals surface area contributed by atoms with Gasteiger partial charge >= 0.3 is 0 Å². The molecule has 7 aromatic rings. The average Bonchev–Trinajstić information content (AvgIpc) is 3.45. The van der Waals surface area contributed by atoms with Crippen molar-refractivity contribution < 1.29 is 38.8 Å². The molecule has 0 bridgehead atoms. The van der Waals surface area contributed by atoms with Crippen LogP contribution in [-0.2, 0) is 24.9 Å². The van der Waals surface area contributed by atoms with Crippen molar-refractivity contribution in [2.75, 3.05) is 0 Å². The normalized spacial score (nSPS) is 11.2. The van der Waals surface area contributed by atoms with Gasteiger partial charge in [0.05, 0.1) is 11.3 Å². The van der Waals surface area contributed by atoms with Gasteiger partial charge < -0.3 is 14.5 Å². The Kier molecular flexibility index (Phi) is 9.09. The molecule has 0 aliphatic rings. The molecule has 5 aromatic carbocycles. The van der Waals surface area contributed by atoms with Gasteiger partial charge in [-0.1, -0.05) is 84.4 Å². The summed E-state index contributed by atoms with van der Waals surface area (Å²) in [5, 5.41) is 11.7. The van der Waals surface area contributed by atoms with Crippen LogP contribution in [0.15, 0.2) is 126 Å². The van der Waals surface area contributed by atoms with Crippen molar-refractivity contribution in [3.8, 4) is 33.8 Å². The fraction of sp³-hybridized carbons (Fsp3) is 0.0541. The van der Waals surface area contributed by atoms with Crippen molar-refractivity contribution in [1.82, 2.24) is 9.97 Å². The molecule has 44 heavy (non-hydrogen) atoms. The molecule has 0 saturated carbocycles. The molecular weight excluding hydrogens is 732 g/mol. The average molecular weight is 758 g/mol. The standard InChI is InChI=1S/C32H18FN2O.C5H8O2.Ir/c33-28-13-7-12-23-24-16-17-34-30(26(24)15-14-25(23)28)22-18-27(20-8-3-1-4-9-20)31-29(19-22)36-32(35-31)21-10-5-2-6-11-21;1-4(6)3-5(2)7;/h1-18H;3,6H,1-2H3;/q-1;;/b;4-3-;. The molecule has 0 atom stereocenters. The summed E-state index contributed by atoms with van der Waals surface area (Å²) in [5.41, 5.74) is 5.73. The van der Waals surface area contributed by atoms with Gasteiger partial charge in [0.2, 0.25) is 5.89 Å². The van der Waals surface area contributed by atoms with Crippen LogP contribution in [0.25, 0.3) is 66.5 Å². The quantitative estimate of drug-likeness (QED) is 0.0839. The number of pyridine rings is 1. The maximum atomic E-state index is 14.5. The summed E-state index contributed by atoms with van der Waals surface area (Å²) < 4.78 is 20.7. The number of carbonyl (C=O) groups is 1. The van der Waals surface area contributed by atoms with Crippen LogP contribution >= 0.6 is 0 Å². The van der Waals surface area contributed by atoms with Gasteiger partial charge in [-0.05, 0) is 65.5 Å². The van der Waals surface area contributed by atoms with Gasteiger partial charge in [0.1, 0.15) is 5.82 Å². The number of aromatic nitrogens is 2. The second-order valence-electron chi connectivity index (χ2n) is 10.1. The summed E-state index contributed by atoms with van der Waals surface area (Å²) in [6.07, 6.45) is 2.93. The van der Waals surface area contributed by atoms with Crippen LogP contribution in [0.5, 0.6) is 0 Å². The van der Waals surface area contributed by atoms with Crippen LogP contribution in [0, 0.1) is 11.9 Å². The number of hydrogen-bond acceptors (Lipinski definition) is 5. The van der Waals surface area contributed by atoms with E-state index in [1.807, 2.05) is 72.8 Å². The van der Waals surface area contributed by atoms with Gasteiger partial charge in [-0.3, -0.25) is 9.78 Å². The van der Waals surface area contributed by atoms with Gasteiger partial charge in [0.25, 0.3) is 0 Å². The molecule has 0 aliphatic carbocycles. The van der Waals surface area contributed by atoms with E-state index in [1.165, 1.54) is 26.0 Å². The smallest absolute Gasteiger partial charge is 0.215 e. The molecule has 0 fully saturated rings. The van der Waals surface area contributed by atoms with E-state index < -0.39 is 0 Å². The Hall–Kier alpha value is -4.97. The summed E-state index contributed by atoms with van der Waals surface area (Å²) >= 11 is 0. The zero-order valence-electron chi connectivity index (χ0n) is 23.8. The van der Waals surface area contributed by atoms with E-state index in [-0.39, 0.29) is 37.5 Å². The summed E-state index contributed by atoms with van der Waals surface area (Å²) in [6, 6.07) is 36.3. The number of fused-ring (bicyclic) bond motifs is 4. The number of ketones is 1. The zero-order chi connectivity index (χ0) is 29.9. The van der Waals surface area contributed by atoms with Crippen molar-refractivity contribution in [1.29, 1.82) is 0 Å². The number of oxazole rings is 1. The van der Waals surface area contributed by atoms with Crippen molar-refractivity contribution in [3.63, 3.8) is 0 Å². The Labute approximate surface area is 267 Å². The van der Waals surface area contributed by atoms with Crippen LogP contribution in [0.3, 0.4) is 0 Å². The van der Waals surface area contributed by atoms with E-state index >= 15 is 0 Å². The van der Waals surface area contributed by atoms with E-state index in [9.17, 15) is 9.18 Å². The molecule has 1 radical (unpaired) electrons. The molecule has 0 aliphatic heterocycles. The van der Waals surface area contributed by atoms with Crippen LogP contribution in [-0.4, -0.2) is 20.9 Å². The molecule has 1 N–H and O–H groups in total. The molecular formula is C37H26FIrN2O3-. The van der Waals surface area contributed by atoms with Crippen LogP contribution < -0.4 is 0 Å². The predicted octanol–water partition coefficient (Wildman–Crippen LogP) is 9.50. The van der Waals surface area contributed by atoms with Gasteiger partial charge in [0.15, 0.2) is 5.78 Å². The van der Waals surface area contributed by atoms with Gasteiger partial charge in [-0.2, -0.15) is 0 Å². The zero-order valence-corrected chi connectivity index (χ0v) is 26.2. The number of aliphatic hydroxyl groups excluding tert-OH is 1. The second-order valence-corrected chi connectivity index (χ2v) is 10.1. The number of aliphatic hydroxyl groups is 1. The summed E-state index contributed by atoms with van der Waals surface area (Å²) in [7, 11) is 0. The Bertz CT molecular complexity index is 2140. The molecule has 219 valence electrons. The molecule has 0 saturated heterocycles. The molecule has 0 amide bonds. The SMILES string of the molecule is CC(=O)/C=C(/C)O.Fc1cccc2c1ccc1c(-c3[c-]c4oc(-c5ccccc5)nc4c(-c4ccccc4)c3)nccc12.[Ir]. The number of carbonyl (C=O) groups excluding carboxylic acids is 1. The second kappa shape index (κ2) is 13.1. The van der Waals surface area contributed by atoms with Crippen molar-refractivity contribution in [3.05, 3.63) is 133 Å². The predicted molar refractivity (Wildman–Crippen MR) is 169 cm³/mol. The minimum absolute atomic E-state index is 0. The number of hydrogen-bond donors (Lipinski definition) is 1. The maximum absolute atomic E-state index is 14.5. The van der Waals surface area contributed by atoms with Crippen molar-refractivity contribution in [2.45, 2.75) is 13.8 Å². The van der Waals surface area contributed by atoms with E-state index in [2.05, 4.69) is 24.3 Å². The molecule has 5 nitrogen and oxygen atoms in total. The monoisotopic (exact) mass is 758 g/mol. The molecule has 0 spiro atoms. The largest absolute Gasteiger partial charge is 0.512 e. The van der Waals surface area contributed by atoms with Crippen molar-refractivity contribution in [2.24, 2.45) is 0 Å². The summed E-state index contributed by atoms with van der Waals surface area (Å²) in [4.78, 5) is 19.6. The first-order valence-corrected chi connectivity index (χ1v) is 13.7. The Morgan fingerprint density at radius 1 is 0.818 bits per heavy atom. The van der Waals surface area contributed by atoms with E-state index in [0.29, 0.717) is 16.9 Å². The minimum atomic E-state index is -0.234. The van der Waals surface area contributed by atoms with Gasteiger partial charge in [-0.25, -0.2) is 4.39 Å². The molecule has 2 aromatic heterocycles. The molecule has 2 heterocycles. The molecule has 7 heteroatoms. The van der Waals surface area contributed by atoms with E-state index in [1.54, 1.807) is 12.3 Å². The Balaban J connectivity index is 0.000000433. The van der Waals surface area contributed by atoms with E-state index in [0.717, 1.165) is 49.6 Å². The Morgan fingerprint density at radius 2 is 1.48 bits per heavy atom. The number of halogens is 1. The van der Waals surface area contributed by atoms with Crippen LogP contribution in [0.1, 0.15) is 13.8 Å². The first-order chi connectivity index (χ1) is 20.9.